The third-order valence-corrected chi connectivity index (χ3v) is 3.23. The molecule has 3 aromatic rings. The SMILES string of the molecule is Nc1ccc(Cc2coc(CC(=O)C(=O)c3nn[nH]n3)c2)cc1. The zero-order valence-electron chi connectivity index (χ0n) is 12.0. The van der Waals surface area contributed by atoms with Gasteiger partial charge in [0, 0.05) is 12.1 Å². The van der Waals surface area contributed by atoms with Gasteiger partial charge in [0.2, 0.25) is 11.6 Å². The molecule has 3 N–H and O–H groups in total. The number of anilines is 1. The van der Waals surface area contributed by atoms with Crippen molar-refractivity contribution in [3.05, 3.63) is 59.3 Å². The second kappa shape index (κ2) is 6.22. The van der Waals surface area contributed by atoms with Gasteiger partial charge in [0.05, 0.1) is 12.7 Å². The number of aromatic amines is 1. The average Bonchev–Trinajstić information content (AvgIpc) is 3.21. The summed E-state index contributed by atoms with van der Waals surface area (Å²) in [5.74, 6) is -1.28. The van der Waals surface area contributed by atoms with Crippen molar-refractivity contribution in [3.8, 4) is 0 Å². The standard InChI is InChI=1S/C15H13N5O3/c16-11-3-1-9(2-4-11)5-10-6-12(23-8-10)7-13(21)14(22)15-17-19-20-18-15/h1-4,6,8H,5,7,16H2,(H,17,18,19,20). The highest BCUT2D eigenvalue weighted by molar-refractivity contribution is 6.42. The number of hydrogen-bond donors (Lipinski definition) is 2. The van der Waals surface area contributed by atoms with Crippen LogP contribution in [0.5, 0.6) is 0 Å². The number of furan rings is 1. The van der Waals surface area contributed by atoms with E-state index in [2.05, 4.69) is 20.6 Å². The van der Waals surface area contributed by atoms with Gasteiger partial charge in [-0.1, -0.05) is 12.1 Å². The monoisotopic (exact) mass is 311 g/mol. The smallest absolute Gasteiger partial charge is 0.269 e. The van der Waals surface area contributed by atoms with E-state index >= 15 is 0 Å². The maximum atomic E-state index is 11.9. The zero-order valence-corrected chi connectivity index (χ0v) is 12.0. The third kappa shape index (κ3) is 3.49. The number of hydrogen-bond acceptors (Lipinski definition) is 7. The van der Waals surface area contributed by atoms with Crippen LogP contribution in [-0.4, -0.2) is 32.2 Å². The van der Waals surface area contributed by atoms with E-state index in [1.807, 2.05) is 24.3 Å². The third-order valence-electron chi connectivity index (χ3n) is 3.23. The number of Topliss-reactive ketones (excluding diaryl/α,β-unsaturated/α-hetero) is 2. The summed E-state index contributed by atoms with van der Waals surface area (Å²) in [6, 6.07) is 9.24. The molecule has 8 heteroatoms. The van der Waals surface area contributed by atoms with Gasteiger partial charge in [-0.25, -0.2) is 0 Å². The van der Waals surface area contributed by atoms with Crippen LogP contribution in [0.4, 0.5) is 5.69 Å². The molecule has 8 nitrogen and oxygen atoms in total. The quantitative estimate of drug-likeness (QED) is 0.394. The number of benzene rings is 1. The van der Waals surface area contributed by atoms with Gasteiger partial charge < -0.3 is 10.2 Å². The van der Waals surface area contributed by atoms with E-state index in [9.17, 15) is 9.59 Å². The number of H-pyrrole nitrogens is 1. The van der Waals surface area contributed by atoms with E-state index in [4.69, 9.17) is 10.2 Å². The van der Waals surface area contributed by atoms with Crippen LogP contribution >= 0.6 is 0 Å². The minimum Gasteiger partial charge on any atom is -0.469 e. The number of carbonyl (C=O) groups excluding carboxylic acids is 2. The molecular weight excluding hydrogens is 298 g/mol. The molecule has 0 aliphatic heterocycles. The van der Waals surface area contributed by atoms with Crippen molar-refractivity contribution in [3.63, 3.8) is 0 Å². The molecule has 2 heterocycles. The van der Waals surface area contributed by atoms with Crippen LogP contribution in [0.25, 0.3) is 0 Å². The molecule has 0 saturated carbocycles. The fourth-order valence-electron chi connectivity index (χ4n) is 2.10. The van der Waals surface area contributed by atoms with Crippen LogP contribution in [0.2, 0.25) is 0 Å². The lowest BCUT2D eigenvalue weighted by atomic mass is 10.1. The Bertz CT molecular complexity index is 821. The van der Waals surface area contributed by atoms with Gasteiger partial charge in [-0.2, -0.15) is 5.21 Å². The van der Waals surface area contributed by atoms with Crippen molar-refractivity contribution in [2.24, 2.45) is 0 Å². The molecule has 0 fully saturated rings. The number of tetrazole rings is 1. The molecule has 0 saturated heterocycles. The number of nitrogens with zero attached hydrogens (tertiary/aromatic N) is 3. The minimum atomic E-state index is -0.796. The van der Waals surface area contributed by atoms with E-state index in [-0.39, 0.29) is 12.2 Å². The molecule has 0 unspecified atom stereocenters. The molecule has 0 spiro atoms. The first kappa shape index (κ1) is 14.6. The lowest BCUT2D eigenvalue weighted by Gasteiger charge is -1.98. The number of aromatic nitrogens is 4. The number of carbonyl (C=O) groups is 2. The maximum Gasteiger partial charge on any atom is 0.269 e. The summed E-state index contributed by atoms with van der Waals surface area (Å²) in [7, 11) is 0. The minimum absolute atomic E-state index is 0.144. The molecule has 2 aromatic heterocycles. The summed E-state index contributed by atoms with van der Waals surface area (Å²) < 4.78 is 5.34. The predicted molar refractivity (Wildman–Crippen MR) is 79.6 cm³/mol. The van der Waals surface area contributed by atoms with Gasteiger partial charge in [0.15, 0.2) is 0 Å². The van der Waals surface area contributed by atoms with Crippen LogP contribution in [0.15, 0.2) is 41.0 Å². The molecule has 0 radical (unpaired) electrons. The summed E-state index contributed by atoms with van der Waals surface area (Å²) in [5, 5.41) is 12.4. The molecule has 3 rings (SSSR count). The Hall–Kier alpha value is -3.29. The normalized spacial score (nSPS) is 10.6. The van der Waals surface area contributed by atoms with E-state index in [0.717, 1.165) is 11.1 Å². The fraction of sp³-hybridized carbons (Fsp3) is 0.133. The van der Waals surface area contributed by atoms with Gasteiger partial charge in [0.25, 0.3) is 5.78 Å². The van der Waals surface area contributed by atoms with E-state index in [1.165, 1.54) is 0 Å². The summed E-state index contributed by atoms with van der Waals surface area (Å²) >= 11 is 0. The highest BCUT2D eigenvalue weighted by Crippen LogP contribution is 2.15. The average molecular weight is 311 g/mol. The van der Waals surface area contributed by atoms with Crippen molar-refractivity contribution in [1.82, 2.24) is 20.6 Å². The molecule has 0 bridgehead atoms. The first-order valence-electron chi connectivity index (χ1n) is 6.83. The zero-order chi connectivity index (χ0) is 16.2. The van der Waals surface area contributed by atoms with Gasteiger partial charge in [0.1, 0.15) is 5.76 Å². The Balaban J connectivity index is 1.64. The fourth-order valence-corrected chi connectivity index (χ4v) is 2.10. The Morgan fingerprint density at radius 1 is 1.17 bits per heavy atom. The number of ketones is 2. The Labute approximate surface area is 130 Å². The Morgan fingerprint density at radius 2 is 1.96 bits per heavy atom. The first-order chi connectivity index (χ1) is 11.1. The lowest BCUT2D eigenvalue weighted by molar-refractivity contribution is -0.114. The second-order valence-electron chi connectivity index (χ2n) is 5.00. The molecule has 1 aromatic carbocycles. The molecule has 0 atom stereocenters. The summed E-state index contributed by atoms with van der Waals surface area (Å²) in [6.07, 6.45) is 2.07. The van der Waals surface area contributed by atoms with Gasteiger partial charge in [-0.15, -0.1) is 10.2 Å². The molecule has 0 aliphatic rings. The van der Waals surface area contributed by atoms with E-state index in [1.54, 1.807) is 12.3 Å². The van der Waals surface area contributed by atoms with E-state index < -0.39 is 11.6 Å². The van der Waals surface area contributed by atoms with Crippen LogP contribution in [0, 0.1) is 0 Å². The number of nitrogens with two attached hydrogens (primary N) is 1. The summed E-state index contributed by atoms with van der Waals surface area (Å²) in [6.45, 7) is 0. The highest BCUT2D eigenvalue weighted by atomic mass is 16.3. The van der Waals surface area contributed by atoms with Gasteiger partial charge >= 0.3 is 0 Å². The summed E-state index contributed by atoms with van der Waals surface area (Å²) in [4.78, 5) is 23.6. The summed E-state index contributed by atoms with van der Waals surface area (Å²) in [5.41, 5.74) is 8.32. The number of rotatable bonds is 6. The van der Waals surface area contributed by atoms with Crippen molar-refractivity contribution >= 4 is 17.3 Å². The second-order valence-corrected chi connectivity index (χ2v) is 5.00. The molecular formula is C15H13N5O3. The number of nitrogens with one attached hydrogen (secondary N) is 1. The largest absolute Gasteiger partial charge is 0.469 e. The molecule has 116 valence electrons. The van der Waals surface area contributed by atoms with Crippen molar-refractivity contribution in [1.29, 1.82) is 0 Å². The van der Waals surface area contributed by atoms with Crippen LogP contribution < -0.4 is 5.73 Å². The topological polar surface area (TPSA) is 128 Å². The van der Waals surface area contributed by atoms with Crippen LogP contribution in [0.3, 0.4) is 0 Å². The Morgan fingerprint density at radius 3 is 2.65 bits per heavy atom. The first-order valence-corrected chi connectivity index (χ1v) is 6.83. The van der Waals surface area contributed by atoms with Crippen LogP contribution in [-0.2, 0) is 17.6 Å². The van der Waals surface area contributed by atoms with Gasteiger partial charge in [-0.05, 0) is 34.5 Å². The van der Waals surface area contributed by atoms with Crippen molar-refractivity contribution in [2.45, 2.75) is 12.8 Å². The highest BCUT2D eigenvalue weighted by Gasteiger charge is 2.22. The van der Waals surface area contributed by atoms with E-state index in [0.29, 0.717) is 17.9 Å². The molecule has 23 heavy (non-hydrogen) atoms. The number of nitrogen functional groups attached to an aromatic ring is 1. The van der Waals surface area contributed by atoms with Crippen molar-refractivity contribution in [2.75, 3.05) is 5.73 Å². The van der Waals surface area contributed by atoms with Crippen LogP contribution in [0.1, 0.15) is 27.5 Å². The van der Waals surface area contributed by atoms with Crippen molar-refractivity contribution < 1.29 is 14.0 Å². The van der Waals surface area contributed by atoms with Gasteiger partial charge in [-0.3, -0.25) is 9.59 Å². The Kier molecular flexibility index (Phi) is 3.96. The maximum absolute atomic E-state index is 11.9. The predicted octanol–water partition coefficient (Wildman–Crippen LogP) is 0.960. The lowest BCUT2D eigenvalue weighted by Crippen LogP contribution is -2.18. The molecule has 0 amide bonds. The molecule has 0 aliphatic carbocycles.